The van der Waals surface area contributed by atoms with Gasteiger partial charge in [0.2, 0.25) is 10.0 Å². The van der Waals surface area contributed by atoms with Crippen molar-refractivity contribution in [3.63, 3.8) is 0 Å². The molecule has 1 aromatic carbocycles. The number of ether oxygens (including phenoxy) is 1. The molecule has 3 N–H and O–H groups in total. The van der Waals surface area contributed by atoms with Crippen LogP contribution in [0.2, 0.25) is 0 Å². The molecule has 27 heavy (non-hydrogen) atoms. The first kappa shape index (κ1) is 20.2. The summed E-state index contributed by atoms with van der Waals surface area (Å²) in [4.78, 5) is 14.7. The van der Waals surface area contributed by atoms with Gasteiger partial charge in [0.05, 0.1) is 11.0 Å². The van der Waals surface area contributed by atoms with E-state index in [-0.39, 0.29) is 16.9 Å². The zero-order chi connectivity index (χ0) is 19.4. The van der Waals surface area contributed by atoms with Crippen molar-refractivity contribution in [1.29, 1.82) is 0 Å². The molecule has 2 heterocycles. The monoisotopic (exact) mass is 396 g/mol. The van der Waals surface area contributed by atoms with Crippen LogP contribution in [0.1, 0.15) is 19.3 Å². The van der Waals surface area contributed by atoms with Gasteiger partial charge in [0.1, 0.15) is 6.10 Å². The fraction of sp³-hybridized carbons (Fsp3) is 0.611. The Morgan fingerprint density at radius 2 is 2.07 bits per heavy atom. The molecule has 0 bridgehead atoms. The summed E-state index contributed by atoms with van der Waals surface area (Å²) in [6.07, 6.45) is 1.54. The molecule has 8 nitrogen and oxygen atoms in total. The first-order valence-corrected chi connectivity index (χ1v) is 10.8. The summed E-state index contributed by atoms with van der Waals surface area (Å²) in [6.45, 7) is 2.94. The molecule has 1 amide bonds. The van der Waals surface area contributed by atoms with E-state index in [0.29, 0.717) is 38.3 Å². The van der Waals surface area contributed by atoms with E-state index in [4.69, 9.17) is 10.5 Å². The van der Waals surface area contributed by atoms with Gasteiger partial charge in [-0.2, -0.15) is 4.31 Å². The molecule has 2 atom stereocenters. The molecule has 0 aromatic heterocycles. The van der Waals surface area contributed by atoms with Crippen LogP contribution in [-0.4, -0.2) is 75.5 Å². The van der Waals surface area contributed by atoms with E-state index >= 15 is 0 Å². The van der Waals surface area contributed by atoms with E-state index in [1.165, 1.54) is 10.4 Å². The van der Waals surface area contributed by atoms with Crippen LogP contribution in [0.4, 0.5) is 5.69 Å². The Labute approximate surface area is 160 Å². The summed E-state index contributed by atoms with van der Waals surface area (Å²) in [5, 5.41) is 2.77. The molecule has 0 saturated carbocycles. The maximum absolute atomic E-state index is 13.0. The number of nitrogens with zero attached hydrogens (tertiary/aromatic N) is 2. The molecule has 9 heteroatoms. The number of benzene rings is 1. The van der Waals surface area contributed by atoms with Gasteiger partial charge >= 0.3 is 0 Å². The highest BCUT2D eigenvalue weighted by Crippen LogP contribution is 2.23. The lowest BCUT2D eigenvalue weighted by Crippen LogP contribution is -2.34. The van der Waals surface area contributed by atoms with Gasteiger partial charge in [0.25, 0.3) is 5.91 Å². The van der Waals surface area contributed by atoms with Crippen LogP contribution >= 0.6 is 0 Å². The minimum Gasteiger partial charge on any atom is -0.364 e. The zero-order valence-electron chi connectivity index (χ0n) is 15.6. The number of amides is 1. The fourth-order valence-corrected chi connectivity index (χ4v) is 4.96. The largest absolute Gasteiger partial charge is 0.364 e. The summed E-state index contributed by atoms with van der Waals surface area (Å²) in [7, 11) is -1.60. The smallest absolute Gasteiger partial charge is 0.253 e. The van der Waals surface area contributed by atoms with E-state index in [2.05, 4.69) is 10.2 Å². The lowest BCUT2D eigenvalue weighted by molar-refractivity contribution is -0.126. The Morgan fingerprint density at radius 3 is 2.81 bits per heavy atom. The SMILES string of the molecule is CN1CCCN(S(=O)(=O)c2cccc(NC(=O)[C@@H]3CC[C@H](CN)O3)c2)CC1. The number of rotatable bonds is 5. The summed E-state index contributed by atoms with van der Waals surface area (Å²) in [5.41, 5.74) is 6.03. The van der Waals surface area contributed by atoms with Gasteiger partial charge in [0.15, 0.2) is 0 Å². The number of carbonyl (C=O) groups excluding carboxylic acids is 1. The highest BCUT2D eigenvalue weighted by Gasteiger charge is 2.30. The third-order valence-electron chi connectivity index (χ3n) is 5.08. The summed E-state index contributed by atoms with van der Waals surface area (Å²) < 4.78 is 33.1. The molecule has 0 spiro atoms. The first-order chi connectivity index (χ1) is 12.9. The molecule has 0 radical (unpaired) electrons. The van der Waals surface area contributed by atoms with Gasteiger partial charge < -0.3 is 20.7 Å². The van der Waals surface area contributed by atoms with Gasteiger partial charge in [-0.25, -0.2) is 8.42 Å². The standard InChI is InChI=1S/C18H28N4O4S/c1-21-8-3-9-22(11-10-21)27(24,25)16-5-2-4-14(12-16)20-18(23)17-7-6-15(13-19)26-17/h2,4-5,12,15,17H,3,6-11,13,19H2,1H3,(H,20,23)/t15-,17+/m1/s1. The summed E-state index contributed by atoms with van der Waals surface area (Å²) in [5.74, 6) is -0.267. The maximum atomic E-state index is 13.0. The molecule has 2 saturated heterocycles. The third-order valence-corrected chi connectivity index (χ3v) is 6.98. The molecule has 150 valence electrons. The van der Waals surface area contributed by atoms with Crippen molar-refractivity contribution in [2.75, 3.05) is 45.1 Å². The average molecular weight is 397 g/mol. The molecule has 0 aliphatic carbocycles. The van der Waals surface area contributed by atoms with Crippen LogP contribution in [0.25, 0.3) is 0 Å². The van der Waals surface area contributed by atoms with Gasteiger partial charge in [-0.15, -0.1) is 0 Å². The lowest BCUT2D eigenvalue weighted by Gasteiger charge is -2.20. The molecular formula is C18H28N4O4S. The van der Waals surface area contributed by atoms with Gasteiger partial charge in [0, 0.05) is 31.9 Å². The zero-order valence-corrected chi connectivity index (χ0v) is 16.5. The van der Waals surface area contributed by atoms with Crippen LogP contribution in [0.5, 0.6) is 0 Å². The van der Waals surface area contributed by atoms with Gasteiger partial charge in [-0.05, 0) is 51.1 Å². The Balaban J connectivity index is 1.70. The fourth-order valence-electron chi connectivity index (χ4n) is 3.44. The first-order valence-electron chi connectivity index (χ1n) is 9.35. The minimum atomic E-state index is -3.59. The molecule has 3 rings (SSSR count). The number of nitrogens with two attached hydrogens (primary N) is 1. The van der Waals surface area contributed by atoms with Crippen LogP contribution in [-0.2, 0) is 19.6 Å². The van der Waals surface area contributed by atoms with Crippen molar-refractivity contribution in [1.82, 2.24) is 9.21 Å². The van der Waals surface area contributed by atoms with Crippen LogP contribution in [0, 0.1) is 0 Å². The van der Waals surface area contributed by atoms with Crippen molar-refractivity contribution in [3.8, 4) is 0 Å². The number of anilines is 1. The number of likely N-dealkylation sites (N-methyl/N-ethyl adjacent to an activating group) is 1. The topological polar surface area (TPSA) is 105 Å². The third kappa shape index (κ3) is 4.85. The average Bonchev–Trinajstić information content (AvgIpc) is 3.03. The number of sulfonamides is 1. The van der Waals surface area contributed by atoms with Gasteiger partial charge in [-0.3, -0.25) is 4.79 Å². The molecule has 2 aliphatic rings. The lowest BCUT2D eigenvalue weighted by atomic mass is 10.2. The Kier molecular flexibility index (Phi) is 6.48. The van der Waals surface area contributed by atoms with Crippen LogP contribution < -0.4 is 11.1 Å². The number of hydrogen-bond donors (Lipinski definition) is 2. The minimum absolute atomic E-state index is 0.0892. The Morgan fingerprint density at radius 1 is 1.26 bits per heavy atom. The molecule has 2 aliphatic heterocycles. The van der Waals surface area contributed by atoms with E-state index in [9.17, 15) is 13.2 Å². The predicted molar refractivity (Wildman–Crippen MR) is 103 cm³/mol. The van der Waals surface area contributed by atoms with E-state index in [1.807, 2.05) is 7.05 Å². The summed E-state index contributed by atoms with van der Waals surface area (Å²) in [6, 6.07) is 6.40. The molecule has 1 aromatic rings. The maximum Gasteiger partial charge on any atom is 0.253 e. The second-order valence-electron chi connectivity index (χ2n) is 7.14. The van der Waals surface area contributed by atoms with E-state index in [0.717, 1.165) is 19.4 Å². The highest BCUT2D eigenvalue weighted by molar-refractivity contribution is 7.89. The predicted octanol–water partition coefficient (Wildman–Crippen LogP) is 0.458. The van der Waals surface area contributed by atoms with Crippen molar-refractivity contribution < 1.29 is 17.9 Å². The second-order valence-corrected chi connectivity index (χ2v) is 9.08. The van der Waals surface area contributed by atoms with Crippen molar-refractivity contribution in [2.24, 2.45) is 5.73 Å². The molecule has 0 unspecified atom stereocenters. The van der Waals surface area contributed by atoms with Crippen molar-refractivity contribution in [2.45, 2.75) is 36.4 Å². The van der Waals surface area contributed by atoms with Gasteiger partial charge in [-0.1, -0.05) is 6.07 Å². The Hall–Kier alpha value is -1.52. The highest BCUT2D eigenvalue weighted by atomic mass is 32.2. The van der Waals surface area contributed by atoms with Crippen LogP contribution in [0.3, 0.4) is 0 Å². The Bertz CT molecular complexity index is 770. The van der Waals surface area contributed by atoms with Crippen molar-refractivity contribution >= 4 is 21.6 Å². The van der Waals surface area contributed by atoms with E-state index in [1.54, 1.807) is 18.2 Å². The van der Waals surface area contributed by atoms with E-state index < -0.39 is 16.1 Å². The number of hydrogen-bond acceptors (Lipinski definition) is 6. The summed E-state index contributed by atoms with van der Waals surface area (Å²) >= 11 is 0. The van der Waals surface area contributed by atoms with Crippen LogP contribution in [0.15, 0.2) is 29.2 Å². The molecular weight excluding hydrogens is 368 g/mol. The van der Waals surface area contributed by atoms with Crippen molar-refractivity contribution in [3.05, 3.63) is 24.3 Å². The number of carbonyl (C=O) groups is 1. The molecule has 2 fully saturated rings. The number of nitrogens with one attached hydrogen (secondary N) is 1. The second kappa shape index (κ2) is 8.66. The quantitative estimate of drug-likeness (QED) is 0.749. The normalized spacial score (nSPS) is 25.3.